The van der Waals surface area contributed by atoms with Crippen LogP contribution in [-0.4, -0.2) is 22.8 Å². The zero-order valence-corrected chi connectivity index (χ0v) is 16.3. The Morgan fingerprint density at radius 2 is 2.04 bits per heavy atom. The van der Waals surface area contributed by atoms with Crippen LogP contribution in [0.3, 0.4) is 0 Å². The molecule has 0 aliphatic carbocycles. The van der Waals surface area contributed by atoms with Gasteiger partial charge < -0.3 is 9.84 Å². The summed E-state index contributed by atoms with van der Waals surface area (Å²) in [7, 11) is 0. The minimum absolute atomic E-state index is 0.0967. The second-order valence-electron chi connectivity index (χ2n) is 6.86. The molecule has 4 heteroatoms. The molecule has 0 amide bonds. The Labute approximate surface area is 161 Å². The van der Waals surface area contributed by atoms with Crippen LogP contribution in [0, 0.1) is 5.82 Å². The molecule has 1 N–H and O–H groups in total. The van der Waals surface area contributed by atoms with Crippen molar-refractivity contribution in [3.8, 4) is 17.0 Å². The number of aromatic nitrogens is 1. The highest BCUT2D eigenvalue weighted by Gasteiger charge is 2.05. The molecule has 1 atom stereocenters. The quantitative estimate of drug-likeness (QED) is 0.467. The van der Waals surface area contributed by atoms with Gasteiger partial charge in [-0.15, -0.1) is 0 Å². The first-order valence-electron chi connectivity index (χ1n) is 9.83. The molecule has 27 heavy (non-hydrogen) atoms. The second-order valence-corrected chi connectivity index (χ2v) is 6.86. The van der Waals surface area contributed by atoms with Crippen LogP contribution in [0.25, 0.3) is 17.3 Å². The fraction of sp³-hybridized carbons (Fsp3) is 0.435. The van der Waals surface area contributed by atoms with Crippen molar-refractivity contribution in [1.82, 2.24) is 4.98 Å². The van der Waals surface area contributed by atoms with Crippen LogP contribution >= 0.6 is 0 Å². The third kappa shape index (κ3) is 7.51. The van der Waals surface area contributed by atoms with Gasteiger partial charge in [-0.05, 0) is 50.8 Å². The van der Waals surface area contributed by atoms with Crippen molar-refractivity contribution in [2.75, 3.05) is 6.61 Å². The summed E-state index contributed by atoms with van der Waals surface area (Å²) in [6.07, 6.45) is 12.0. The van der Waals surface area contributed by atoms with Crippen LogP contribution in [0.15, 0.2) is 42.6 Å². The van der Waals surface area contributed by atoms with E-state index in [1.165, 1.54) is 25.1 Å². The van der Waals surface area contributed by atoms with E-state index in [-0.39, 0.29) is 17.7 Å². The number of aromatic hydroxyl groups is 1. The lowest BCUT2D eigenvalue weighted by Crippen LogP contribution is -2.08. The number of nitrogens with zero attached hydrogens (tertiary/aromatic N) is 1. The molecule has 1 heterocycles. The molecule has 2 aromatic rings. The number of benzene rings is 1. The summed E-state index contributed by atoms with van der Waals surface area (Å²) in [5, 5.41) is 9.29. The molecule has 0 radical (unpaired) electrons. The topological polar surface area (TPSA) is 42.4 Å². The average Bonchev–Trinajstić information content (AvgIpc) is 2.66. The van der Waals surface area contributed by atoms with Gasteiger partial charge in [-0.3, -0.25) is 4.98 Å². The number of rotatable bonds is 11. The Hall–Kier alpha value is -2.20. The van der Waals surface area contributed by atoms with E-state index in [2.05, 4.69) is 18.8 Å². The summed E-state index contributed by atoms with van der Waals surface area (Å²) >= 11 is 0. The highest BCUT2D eigenvalue weighted by Crippen LogP contribution is 2.22. The van der Waals surface area contributed by atoms with Gasteiger partial charge in [0.25, 0.3) is 0 Å². The van der Waals surface area contributed by atoms with Gasteiger partial charge in [0.2, 0.25) is 0 Å². The molecule has 0 aliphatic heterocycles. The highest BCUT2D eigenvalue weighted by molar-refractivity contribution is 5.63. The predicted molar refractivity (Wildman–Crippen MR) is 109 cm³/mol. The molecule has 1 aromatic carbocycles. The third-order valence-electron chi connectivity index (χ3n) is 4.47. The maximum absolute atomic E-state index is 14.3. The van der Waals surface area contributed by atoms with E-state index in [0.29, 0.717) is 16.8 Å². The van der Waals surface area contributed by atoms with Crippen LogP contribution < -0.4 is 0 Å². The predicted octanol–water partition coefficient (Wildman–Crippen LogP) is 6.37. The normalized spacial score (nSPS) is 12.6. The minimum Gasteiger partial charge on any atom is -0.506 e. The van der Waals surface area contributed by atoms with E-state index in [0.717, 1.165) is 32.3 Å². The van der Waals surface area contributed by atoms with Gasteiger partial charge >= 0.3 is 0 Å². The Morgan fingerprint density at radius 3 is 2.74 bits per heavy atom. The maximum Gasteiger partial charge on any atom is 0.133 e. The minimum atomic E-state index is -0.272. The van der Waals surface area contributed by atoms with Crippen molar-refractivity contribution < 1.29 is 14.2 Å². The third-order valence-corrected chi connectivity index (χ3v) is 4.47. The zero-order chi connectivity index (χ0) is 19.5. The standard InChI is InChI=1S/C23H30FNO2/c1-3-4-8-15-27-18(2)9-6-5-7-10-19-11-12-20(16-22(19)24)23-14-13-21(26)17-25-23/h7,10-14,16-18,26H,3-6,8-9,15H2,1-2H3. The lowest BCUT2D eigenvalue weighted by Gasteiger charge is -2.12. The van der Waals surface area contributed by atoms with Gasteiger partial charge in [-0.2, -0.15) is 0 Å². The molecular weight excluding hydrogens is 341 g/mol. The van der Waals surface area contributed by atoms with Crippen molar-refractivity contribution in [3.63, 3.8) is 0 Å². The number of halogens is 1. The first-order valence-corrected chi connectivity index (χ1v) is 9.83. The number of ether oxygens (including phenoxy) is 1. The monoisotopic (exact) mass is 371 g/mol. The fourth-order valence-corrected chi connectivity index (χ4v) is 2.83. The molecule has 3 nitrogen and oxygen atoms in total. The van der Waals surface area contributed by atoms with Crippen LogP contribution in [0.5, 0.6) is 5.75 Å². The van der Waals surface area contributed by atoms with Gasteiger partial charge in [0.1, 0.15) is 11.6 Å². The van der Waals surface area contributed by atoms with Gasteiger partial charge in [-0.25, -0.2) is 4.39 Å². The first-order chi connectivity index (χ1) is 13.1. The Morgan fingerprint density at radius 1 is 1.19 bits per heavy atom. The number of allylic oxidation sites excluding steroid dienone is 1. The van der Waals surface area contributed by atoms with Gasteiger partial charge in [0.05, 0.1) is 18.0 Å². The molecule has 0 saturated heterocycles. The van der Waals surface area contributed by atoms with E-state index in [4.69, 9.17) is 4.74 Å². The summed E-state index contributed by atoms with van der Waals surface area (Å²) < 4.78 is 20.1. The highest BCUT2D eigenvalue weighted by atomic mass is 19.1. The van der Waals surface area contributed by atoms with E-state index in [1.54, 1.807) is 18.2 Å². The molecule has 1 aromatic heterocycles. The van der Waals surface area contributed by atoms with E-state index in [1.807, 2.05) is 18.2 Å². The van der Waals surface area contributed by atoms with Crippen molar-refractivity contribution in [1.29, 1.82) is 0 Å². The molecule has 0 saturated carbocycles. The SMILES string of the molecule is CCCCCOC(C)CCCC=Cc1ccc(-c2ccc(O)cn2)cc1F. The molecule has 2 rings (SSSR count). The van der Waals surface area contributed by atoms with E-state index >= 15 is 0 Å². The number of unbranched alkanes of at least 4 members (excludes halogenated alkanes) is 3. The van der Waals surface area contributed by atoms with Crippen LogP contribution in [0.4, 0.5) is 4.39 Å². The number of pyridine rings is 1. The lowest BCUT2D eigenvalue weighted by atomic mass is 10.1. The van der Waals surface area contributed by atoms with Crippen LogP contribution in [0.1, 0.15) is 57.9 Å². The Kier molecular flexibility index (Phi) is 8.99. The summed E-state index contributed by atoms with van der Waals surface area (Å²) in [4.78, 5) is 4.11. The molecule has 0 fully saturated rings. The van der Waals surface area contributed by atoms with Gasteiger partial charge in [0, 0.05) is 17.7 Å². The molecule has 0 spiro atoms. The van der Waals surface area contributed by atoms with Crippen LogP contribution in [0.2, 0.25) is 0 Å². The first kappa shape index (κ1) is 21.1. The largest absolute Gasteiger partial charge is 0.506 e. The van der Waals surface area contributed by atoms with Crippen LogP contribution in [-0.2, 0) is 4.74 Å². The summed E-state index contributed by atoms with van der Waals surface area (Å²) in [6, 6.07) is 8.29. The summed E-state index contributed by atoms with van der Waals surface area (Å²) in [5.74, 6) is -0.175. The molecule has 146 valence electrons. The van der Waals surface area contributed by atoms with Crippen molar-refractivity contribution >= 4 is 6.08 Å². The smallest absolute Gasteiger partial charge is 0.133 e. The molecule has 0 bridgehead atoms. The van der Waals surface area contributed by atoms with E-state index < -0.39 is 0 Å². The second kappa shape index (κ2) is 11.5. The van der Waals surface area contributed by atoms with Crippen molar-refractivity contribution in [2.24, 2.45) is 0 Å². The molecular formula is C23H30FNO2. The van der Waals surface area contributed by atoms with Crippen molar-refractivity contribution in [2.45, 2.75) is 58.5 Å². The van der Waals surface area contributed by atoms with E-state index in [9.17, 15) is 9.50 Å². The zero-order valence-electron chi connectivity index (χ0n) is 16.3. The number of hydrogen-bond donors (Lipinski definition) is 1. The van der Waals surface area contributed by atoms with Gasteiger partial charge in [0.15, 0.2) is 0 Å². The Bertz CT molecular complexity index is 713. The van der Waals surface area contributed by atoms with Gasteiger partial charge in [-0.1, -0.05) is 44.1 Å². The number of hydrogen-bond acceptors (Lipinski definition) is 3. The molecule has 0 aliphatic rings. The maximum atomic E-state index is 14.3. The molecule has 1 unspecified atom stereocenters. The van der Waals surface area contributed by atoms with Crippen molar-refractivity contribution in [3.05, 3.63) is 54.0 Å². The lowest BCUT2D eigenvalue weighted by molar-refractivity contribution is 0.0566. The Balaban J connectivity index is 1.77. The average molecular weight is 371 g/mol. The fourth-order valence-electron chi connectivity index (χ4n) is 2.83. The summed E-state index contributed by atoms with van der Waals surface area (Å²) in [5.41, 5.74) is 1.90. The summed E-state index contributed by atoms with van der Waals surface area (Å²) in [6.45, 7) is 5.15.